The van der Waals surface area contributed by atoms with Gasteiger partial charge >= 0.3 is 6.09 Å². The number of terminal acetylenes is 1. The molecule has 1 aromatic heterocycles. The molecule has 31 heavy (non-hydrogen) atoms. The summed E-state index contributed by atoms with van der Waals surface area (Å²) in [7, 11) is 0. The Labute approximate surface area is 186 Å². The summed E-state index contributed by atoms with van der Waals surface area (Å²) in [6.45, 7) is 15.0. The van der Waals surface area contributed by atoms with Gasteiger partial charge in [0.1, 0.15) is 17.9 Å². The summed E-state index contributed by atoms with van der Waals surface area (Å²) in [5.74, 6) is 0.483. The van der Waals surface area contributed by atoms with Gasteiger partial charge in [0.25, 0.3) is 0 Å². The average molecular weight is 427 g/mol. The first-order valence-electron chi connectivity index (χ1n) is 10.6. The van der Waals surface area contributed by atoms with Crippen molar-refractivity contribution in [1.82, 2.24) is 4.98 Å². The van der Waals surface area contributed by atoms with Gasteiger partial charge < -0.3 is 14.4 Å². The molecule has 0 unspecified atom stereocenters. The van der Waals surface area contributed by atoms with Crippen LogP contribution in [0.1, 0.15) is 46.6 Å². The highest BCUT2D eigenvalue weighted by Crippen LogP contribution is 2.39. The molecular formula is C24H34N4O3. The van der Waals surface area contributed by atoms with Crippen molar-refractivity contribution in [3.05, 3.63) is 23.4 Å². The molecule has 0 N–H and O–H groups in total. The van der Waals surface area contributed by atoms with Gasteiger partial charge in [-0.1, -0.05) is 6.08 Å². The SMILES string of the molecule is C#C.C/C=C1/CCN(c2cnc3c(c2C)N(C(=O)OC(C)(C)C)CCO3)CC1=NCC. The zero-order valence-electron chi connectivity index (χ0n) is 19.6. The molecular weight excluding hydrogens is 392 g/mol. The van der Waals surface area contributed by atoms with Crippen LogP contribution in [0.15, 0.2) is 22.8 Å². The van der Waals surface area contributed by atoms with Crippen LogP contribution in [0.4, 0.5) is 16.2 Å². The first kappa shape index (κ1) is 24.3. The Hall–Kier alpha value is -3.01. The maximum absolute atomic E-state index is 12.8. The van der Waals surface area contributed by atoms with Gasteiger partial charge in [-0.3, -0.25) is 9.89 Å². The van der Waals surface area contributed by atoms with Gasteiger partial charge in [-0.2, -0.15) is 0 Å². The lowest BCUT2D eigenvalue weighted by atomic mass is 10.00. The molecule has 1 saturated heterocycles. The number of rotatable bonds is 2. The second kappa shape index (κ2) is 10.3. The topological polar surface area (TPSA) is 67.3 Å². The van der Waals surface area contributed by atoms with E-state index in [0.717, 1.165) is 43.0 Å². The van der Waals surface area contributed by atoms with Crippen LogP contribution in [0.3, 0.4) is 0 Å². The van der Waals surface area contributed by atoms with Gasteiger partial charge in [0.2, 0.25) is 5.88 Å². The molecule has 0 bridgehead atoms. The molecule has 1 amide bonds. The summed E-state index contributed by atoms with van der Waals surface area (Å²) < 4.78 is 11.4. The minimum absolute atomic E-state index is 0.368. The average Bonchev–Trinajstić information content (AvgIpc) is 2.74. The van der Waals surface area contributed by atoms with Crippen LogP contribution in [0, 0.1) is 19.8 Å². The van der Waals surface area contributed by atoms with E-state index in [1.165, 1.54) is 5.57 Å². The molecule has 3 rings (SSSR count). The monoisotopic (exact) mass is 426 g/mol. The number of hydrogen-bond donors (Lipinski definition) is 0. The summed E-state index contributed by atoms with van der Waals surface area (Å²) in [6.07, 6.45) is 12.6. The Morgan fingerprint density at radius 2 is 2.06 bits per heavy atom. The van der Waals surface area contributed by atoms with Gasteiger partial charge in [0.15, 0.2) is 0 Å². The van der Waals surface area contributed by atoms with Gasteiger partial charge in [0, 0.05) is 18.7 Å². The Morgan fingerprint density at radius 3 is 2.68 bits per heavy atom. The molecule has 7 nitrogen and oxygen atoms in total. The maximum atomic E-state index is 12.8. The quantitative estimate of drug-likeness (QED) is 0.656. The fraction of sp³-hybridized carbons (Fsp3) is 0.542. The van der Waals surface area contributed by atoms with Crippen molar-refractivity contribution in [2.45, 2.75) is 53.6 Å². The van der Waals surface area contributed by atoms with E-state index >= 15 is 0 Å². The number of carbonyl (C=O) groups excluding carboxylic acids is 1. The zero-order chi connectivity index (χ0) is 23.2. The molecule has 1 aromatic rings. The van der Waals surface area contributed by atoms with Crippen LogP contribution in [-0.4, -0.2) is 55.2 Å². The minimum atomic E-state index is -0.560. The predicted octanol–water partition coefficient (Wildman–Crippen LogP) is 4.39. The minimum Gasteiger partial charge on any atom is -0.474 e. The smallest absolute Gasteiger partial charge is 0.415 e. The molecule has 0 aliphatic carbocycles. The van der Waals surface area contributed by atoms with E-state index in [1.54, 1.807) is 4.90 Å². The van der Waals surface area contributed by atoms with Crippen LogP contribution < -0.4 is 14.5 Å². The molecule has 0 spiro atoms. The number of pyridine rings is 1. The van der Waals surface area contributed by atoms with Gasteiger partial charge in [0.05, 0.1) is 30.7 Å². The van der Waals surface area contributed by atoms with Crippen molar-refractivity contribution in [3.8, 4) is 18.7 Å². The van der Waals surface area contributed by atoms with E-state index in [0.29, 0.717) is 24.7 Å². The number of ether oxygens (including phenoxy) is 2. The number of amides is 1. The van der Waals surface area contributed by atoms with Gasteiger partial charge in [-0.15, -0.1) is 12.8 Å². The summed E-state index contributed by atoms with van der Waals surface area (Å²) >= 11 is 0. The molecule has 2 aliphatic heterocycles. The van der Waals surface area contributed by atoms with E-state index in [2.05, 4.69) is 47.6 Å². The number of nitrogens with zero attached hydrogens (tertiary/aromatic N) is 4. The summed E-state index contributed by atoms with van der Waals surface area (Å²) in [4.78, 5) is 26.0. The number of anilines is 2. The third kappa shape index (κ3) is 5.57. The molecule has 168 valence electrons. The standard InChI is InChI=1S/C22H32N4O3.C2H2/c1-7-16-9-10-25(14-17(16)23-8-2)18-13-24-20-19(15(18)3)26(11-12-28-20)21(27)29-22(4,5)6;1-2/h7,13H,8-12,14H2,1-6H3;1-2H/b16-7-,23-17?;. The number of fused-ring (bicyclic) bond motifs is 1. The highest BCUT2D eigenvalue weighted by molar-refractivity contribution is 6.04. The number of piperidine rings is 1. The molecule has 1 fully saturated rings. The number of allylic oxidation sites excluding steroid dienone is 1. The van der Waals surface area contributed by atoms with Crippen molar-refractivity contribution in [2.24, 2.45) is 4.99 Å². The van der Waals surface area contributed by atoms with Crippen LogP contribution in [0.5, 0.6) is 5.88 Å². The van der Waals surface area contributed by atoms with Gasteiger partial charge in [-0.25, -0.2) is 9.78 Å². The van der Waals surface area contributed by atoms with Crippen molar-refractivity contribution in [1.29, 1.82) is 0 Å². The Balaban J connectivity index is 0.00000166. The Morgan fingerprint density at radius 1 is 1.35 bits per heavy atom. The lowest BCUT2D eigenvalue weighted by Gasteiger charge is -2.36. The highest BCUT2D eigenvalue weighted by atomic mass is 16.6. The Bertz CT molecular complexity index is 881. The lowest BCUT2D eigenvalue weighted by Crippen LogP contribution is -2.43. The third-order valence-corrected chi connectivity index (χ3v) is 5.08. The molecule has 0 aromatic carbocycles. The number of carbonyl (C=O) groups is 1. The normalized spacial score (nSPS) is 18.7. The summed E-state index contributed by atoms with van der Waals surface area (Å²) in [6, 6.07) is 0. The van der Waals surface area contributed by atoms with Crippen molar-refractivity contribution in [3.63, 3.8) is 0 Å². The second-order valence-corrected chi connectivity index (χ2v) is 8.31. The fourth-order valence-corrected chi connectivity index (χ4v) is 3.77. The first-order chi connectivity index (χ1) is 14.7. The number of hydrogen-bond acceptors (Lipinski definition) is 6. The largest absolute Gasteiger partial charge is 0.474 e. The number of aliphatic imine (C=N–C) groups is 1. The third-order valence-electron chi connectivity index (χ3n) is 5.08. The van der Waals surface area contributed by atoms with E-state index < -0.39 is 5.60 Å². The Kier molecular flexibility index (Phi) is 8.09. The van der Waals surface area contributed by atoms with E-state index in [4.69, 9.17) is 9.47 Å². The second-order valence-electron chi connectivity index (χ2n) is 8.31. The molecule has 2 aliphatic rings. The fourth-order valence-electron chi connectivity index (χ4n) is 3.77. The predicted molar refractivity (Wildman–Crippen MR) is 127 cm³/mol. The number of aromatic nitrogens is 1. The van der Waals surface area contributed by atoms with E-state index in [1.807, 2.05) is 33.9 Å². The van der Waals surface area contributed by atoms with Crippen LogP contribution in [0.2, 0.25) is 0 Å². The molecule has 0 atom stereocenters. The lowest BCUT2D eigenvalue weighted by molar-refractivity contribution is 0.0566. The molecule has 3 heterocycles. The van der Waals surface area contributed by atoms with Crippen LogP contribution >= 0.6 is 0 Å². The summed E-state index contributed by atoms with van der Waals surface area (Å²) in [5, 5.41) is 0. The first-order valence-corrected chi connectivity index (χ1v) is 10.6. The van der Waals surface area contributed by atoms with Crippen LogP contribution in [0.25, 0.3) is 0 Å². The highest BCUT2D eigenvalue weighted by Gasteiger charge is 2.32. The maximum Gasteiger partial charge on any atom is 0.415 e. The van der Waals surface area contributed by atoms with E-state index in [9.17, 15) is 4.79 Å². The van der Waals surface area contributed by atoms with Crippen molar-refractivity contribution < 1.29 is 14.3 Å². The summed E-state index contributed by atoms with van der Waals surface area (Å²) in [5.41, 5.74) is 4.55. The zero-order valence-corrected chi connectivity index (χ0v) is 19.6. The molecule has 7 heteroatoms. The van der Waals surface area contributed by atoms with Crippen molar-refractivity contribution >= 4 is 23.2 Å². The van der Waals surface area contributed by atoms with E-state index in [-0.39, 0.29) is 6.09 Å². The van der Waals surface area contributed by atoms with Gasteiger partial charge in [-0.05, 0) is 53.5 Å². The van der Waals surface area contributed by atoms with Crippen LogP contribution in [-0.2, 0) is 4.74 Å². The van der Waals surface area contributed by atoms with Crippen molar-refractivity contribution in [2.75, 3.05) is 42.6 Å². The molecule has 0 saturated carbocycles. The molecule has 0 radical (unpaired) electrons.